The highest BCUT2D eigenvalue weighted by molar-refractivity contribution is 6.00. The van der Waals surface area contributed by atoms with E-state index in [0.717, 1.165) is 0 Å². The summed E-state index contributed by atoms with van der Waals surface area (Å²) in [7, 11) is 0. The monoisotopic (exact) mass is 192 g/mol. The maximum atomic E-state index is 11.5. The number of hydrogen-bond donors (Lipinski definition) is 0. The van der Waals surface area contributed by atoms with Crippen LogP contribution in [0.5, 0.6) is 11.5 Å². The number of ketones is 1. The van der Waals surface area contributed by atoms with Crippen LogP contribution in [-0.2, 0) is 0 Å². The summed E-state index contributed by atoms with van der Waals surface area (Å²) in [6.07, 6.45) is 0.461. The van der Waals surface area contributed by atoms with E-state index in [1.807, 2.05) is 19.1 Å². The van der Waals surface area contributed by atoms with Crippen molar-refractivity contribution >= 4 is 5.78 Å². The number of para-hydroxylation sites is 1. The average Bonchev–Trinajstić information content (AvgIpc) is 2.20. The largest absolute Gasteiger partial charge is 0.490 e. The minimum Gasteiger partial charge on any atom is -0.490 e. The Bertz CT molecular complexity index is 358. The fourth-order valence-electron chi connectivity index (χ4n) is 1.53. The van der Waals surface area contributed by atoms with Gasteiger partial charge >= 0.3 is 0 Å². The molecule has 1 aromatic rings. The molecule has 1 aliphatic heterocycles. The summed E-state index contributed by atoms with van der Waals surface area (Å²) in [4.78, 5) is 11.5. The van der Waals surface area contributed by atoms with Crippen LogP contribution in [0.25, 0.3) is 0 Å². The number of ether oxygens (including phenoxy) is 2. The van der Waals surface area contributed by atoms with Gasteiger partial charge in [0.2, 0.25) is 0 Å². The van der Waals surface area contributed by atoms with Crippen molar-refractivity contribution < 1.29 is 14.3 Å². The third kappa shape index (κ3) is 1.45. The van der Waals surface area contributed by atoms with Gasteiger partial charge in [-0.15, -0.1) is 0 Å². The number of fused-ring (bicyclic) bond motifs is 1. The second-order valence-electron chi connectivity index (χ2n) is 3.09. The molecule has 0 radical (unpaired) electrons. The molecule has 0 saturated carbocycles. The molecular weight excluding hydrogens is 180 g/mol. The first-order valence-electron chi connectivity index (χ1n) is 4.74. The maximum Gasteiger partial charge on any atom is 0.171 e. The van der Waals surface area contributed by atoms with Crippen LogP contribution >= 0.6 is 0 Å². The summed E-state index contributed by atoms with van der Waals surface area (Å²) < 4.78 is 10.8. The van der Waals surface area contributed by atoms with E-state index in [-0.39, 0.29) is 5.78 Å². The van der Waals surface area contributed by atoms with Crippen molar-refractivity contribution in [2.45, 2.75) is 13.3 Å². The van der Waals surface area contributed by atoms with E-state index in [9.17, 15) is 4.79 Å². The van der Waals surface area contributed by atoms with Gasteiger partial charge in [0.25, 0.3) is 0 Å². The van der Waals surface area contributed by atoms with Gasteiger partial charge in [-0.05, 0) is 19.1 Å². The zero-order valence-corrected chi connectivity index (χ0v) is 8.08. The van der Waals surface area contributed by atoms with Crippen molar-refractivity contribution in [2.24, 2.45) is 0 Å². The highest BCUT2D eigenvalue weighted by Crippen LogP contribution is 2.34. The summed E-state index contributed by atoms with van der Waals surface area (Å²) in [5.74, 6) is 1.40. The second kappa shape index (κ2) is 3.70. The van der Waals surface area contributed by atoms with Crippen molar-refractivity contribution in [1.82, 2.24) is 0 Å². The molecule has 74 valence electrons. The van der Waals surface area contributed by atoms with Crippen LogP contribution in [0.1, 0.15) is 23.7 Å². The quantitative estimate of drug-likeness (QED) is 0.719. The molecule has 0 fully saturated rings. The van der Waals surface area contributed by atoms with Crippen molar-refractivity contribution in [3.8, 4) is 11.5 Å². The topological polar surface area (TPSA) is 35.5 Å². The van der Waals surface area contributed by atoms with E-state index in [4.69, 9.17) is 9.47 Å². The molecule has 0 amide bonds. The lowest BCUT2D eigenvalue weighted by Crippen LogP contribution is -2.16. The molecule has 2 rings (SSSR count). The van der Waals surface area contributed by atoms with Crippen LogP contribution in [0.4, 0.5) is 0 Å². The minimum absolute atomic E-state index is 0.132. The fraction of sp³-hybridized carbons (Fsp3) is 0.364. The van der Waals surface area contributed by atoms with Crippen LogP contribution in [0.15, 0.2) is 18.2 Å². The molecular formula is C11H12O3. The lowest BCUT2D eigenvalue weighted by Gasteiger charge is -2.18. The molecule has 0 unspecified atom stereocenters. The number of hydrogen-bond acceptors (Lipinski definition) is 3. The molecule has 0 atom stereocenters. The van der Waals surface area contributed by atoms with Crippen LogP contribution in [0.3, 0.4) is 0 Å². The molecule has 14 heavy (non-hydrogen) atoms. The lowest BCUT2D eigenvalue weighted by molar-refractivity contribution is 0.0929. The SMILES string of the molecule is CCOc1cccc2c1OCCC2=O. The van der Waals surface area contributed by atoms with Crippen molar-refractivity contribution in [2.75, 3.05) is 13.2 Å². The van der Waals surface area contributed by atoms with E-state index >= 15 is 0 Å². The van der Waals surface area contributed by atoms with Crippen molar-refractivity contribution in [3.05, 3.63) is 23.8 Å². The number of benzene rings is 1. The van der Waals surface area contributed by atoms with Crippen LogP contribution < -0.4 is 9.47 Å². The Morgan fingerprint density at radius 3 is 3.14 bits per heavy atom. The summed E-state index contributed by atoms with van der Waals surface area (Å²) in [5.41, 5.74) is 0.641. The van der Waals surface area contributed by atoms with Crippen LogP contribution in [0, 0.1) is 0 Å². The molecule has 3 nitrogen and oxygen atoms in total. The molecule has 1 aromatic carbocycles. The van der Waals surface area contributed by atoms with Gasteiger partial charge in [-0.1, -0.05) is 6.07 Å². The van der Waals surface area contributed by atoms with Gasteiger partial charge < -0.3 is 9.47 Å². The normalized spacial score (nSPS) is 14.5. The Hall–Kier alpha value is -1.51. The Labute approximate surface area is 82.6 Å². The summed E-state index contributed by atoms with van der Waals surface area (Å²) in [6, 6.07) is 5.41. The average molecular weight is 192 g/mol. The highest BCUT2D eigenvalue weighted by atomic mass is 16.5. The molecule has 1 heterocycles. The Kier molecular flexibility index (Phi) is 2.39. The van der Waals surface area contributed by atoms with Gasteiger partial charge in [0.05, 0.1) is 18.8 Å². The van der Waals surface area contributed by atoms with Crippen molar-refractivity contribution in [1.29, 1.82) is 0 Å². The number of Topliss-reactive ketones (excluding diaryl/α,β-unsaturated/α-hetero) is 1. The minimum atomic E-state index is 0.132. The van der Waals surface area contributed by atoms with E-state index < -0.39 is 0 Å². The number of carbonyl (C=O) groups is 1. The third-order valence-corrected chi connectivity index (χ3v) is 2.15. The molecule has 0 spiro atoms. The Morgan fingerprint density at radius 2 is 2.36 bits per heavy atom. The zero-order valence-electron chi connectivity index (χ0n) is 8.08. The number of rotatable bonds is 2. The van der Waals surface area contributed by atoms with E-state index in [1.165, 1.54) is 0 Å². The summed E-state index contributed by atoms with van der Waals surface area (Å²) >= 11 is 0. The molecule has 0 aliphatic carbocycles. The van der Waals surface area contributed by atoms with Crippen molar-refractivity contribution in [3.63, 3.8) is 0 Å². The third-order valence-electron chi connectivity index (χ3n) is 2.15. The molecule has 1 aliphatic rings. The molecule has 0 aromatic heterocycles. The first kappa shape index (κ1) is 9.06. The van der Waals surface area contributed by atoms with Gasteiger partial charge in [0.1, 0.15) is 0 Å². The summed E-state index contributed by atoms with van der Waals surface area (Å²) in [6.45, 7) is 2.94. The smallest absolute Gasteiger partial charge is 0.171 e. The number of carbonyl (C=O) groups excluding carboxylic acids is 1. The maximum absolute atomic E-state index is 11.5. The first-order chi connectivity index (χ1) is 6.83. The summed E-state index contributed by atoms with van der Waals surface area (Å²) in [5, 5.41) is 0. The highest BCUT2D eigenvalue weighted by Gasteiger charge is 2.21. The predicted molar refractivity (Wildman–Crippen MR) is 52.1 cm³/mol. The Balaban J connectivity index is 2.44. The molecule has 0 bridgehead atoms. The molecule has 0 saturated heterocycles. The second-order valence-corrected chi connectivity index (χ2v) is 3.09. The van der Waals surface area contributed by atoms with Gasteiger partial charge in [0, 0.05) is 6.42 Å². The van der Waals surface area contributed by atoms with Gasteiger partial charge in [-0.2, -0.15) is 0 Å². The standard InChI is InChI=1S/C11H12O3/c1-2-13-10-5-3-4-8-9(12)6-7-14-11(8)10/h3-5H,2,6-7H2,1H3. The van der Waals surface area contributed by atoms with E-state index in [2.05, 4.69) is 0 Å². The lowest BCUT2D eigenvalue weighted by atomic mass is 10.0. The first-order valence-corrected chi connectivity index (χ1v) is 4.74. The van der Waals surface area contributed by atoms with E-state index in [1.54, 1.807) is 6.07 Å². The molecule has 0 N–H and O–H groups in total. The van der Waals surface area contributed by atoms with Crippen LogP contribution in [-0.4, -0.2) is 19.0 Å². The van der Waals surface area contributed by atoms with E-state index in [0.29, 0.717) is 36.7 Å². The fourth-order valence-corrected chi connectivity index (χ4v) is 1.53. The van der Waals surface area contributed by atoms with Gasteiger partial charge in [0.15, 0.2) is 17.3 Å². The van der Waals surface area contributed by atoms with Gasteiger partial charge in [-0.3, -0.25) is 4.79 Å². The van der Waals surface area contributed by atoms with Crippen LogP contribution in [0.2, 0.25) is 0 Å². The Morgan fingerprint density at radius 1 is 1.50 bits per heavy atom. The molecule has 3 heteroatoms. The zero-order chi connectivity index (χ0) is 9.97. The van der Waals surface area contributed by atoms with Gasteiger partial charge in [-0.25, -0.2) is 0 Å². The predicted octanol–water partition coefficient (Wildman–Crippen LogP) is 2.05.